The molecule has 7 nitrogen and oxygen atoms in total. The maximum Gasteiger partial charge on any atom is 0.262 e. The molecule has 9 heteroatoms. The van der Waals surface area contributed by atoms with Gasteiger partial charge < -0.3 is 15.2 Å². The van der Waals surface area contributed by atoms with Gasteiger partial charge in [0, 0.05) is 30.7 Å². The molecule has 1 aromatic heterocycles. The van der Waals surface area contributed by atoms with Crippen LogP contribution in [0.2, 0.25) is 5.02 Å². The lowest BCUT2D eigenvalue weighted by Crippen LogP contribution is -2.34. The molecule has 1 heterocycles. The monoisotopic (exact) mass is 472 g/mol. The van der Waals surface area contributed by atoms with Crippen molar-refractivity contribution in [1.82, 2.24) is 14.5 Å². The zero-order chi connectivity index (χ0) is 23.1. The zero-order valence-corrected chi connectivity index (χ0v) is 19.3. The highest BCUT2D eigenvalue weighted by molar-refractivity contribution is 7.71. The van der Waals surface area contributed by atoms with E-state index in [2.05, 4.69) is 10.3 Å². The van der Waals surface area contributed by atoms with Gasteiger partial charge in [-0.15, -0.1) is 0 Å². The molecular formula is C23H25ClN4O3S. The molecule has 168 valence electrons. The summed E-state index contributed by atoms with van der Waals surface area (Å²) in [7, 11) is 1.60. The third-order valence-corrected chi connectivity index (χ3v) is 5.63. The lowest BCUT2D eigenvalue weighted by molar-refractivity contribution is -0.133. The van der Waals surface area contributed by atoms with Crippen LogP contribution in [0.15, 0.2) is 53.3 Å². The van der Waals surface area contributed by atoms with E-state index in [-0.39, 0.29) is 23.9 Å². The Morgan fingerprint density at radius 3 is 2.69 bits per heavy atom. The number of hydrogen-bond donors (Lipinski definition) is 2. The molecule has 0 saturated carbocycles. The molecule has 0 fully saturated rings. The number of nitrogens with one attached hydrogen (secondary N) is 2. The third-order valence-electron chi connectivity index (χ3n) is 5.08. The number of rotatable bonds is 9. The maximum absolute atomic E-state index is 12.6. The molecule has 0 aliphatic rings. The first kappa shape index (κ1) is 23.7. The maximum atomic E-state index is 12.6. The molecular weight excluding hydrogens is 448 g/mol. The highest BCUT2D eigenvalue weighted by atomic mass is 35.5. The summed E-state index contributed by atoms with van der Waals surface area (Å²) in [5, 5.41) is 3.86. The smallest absolute Gasteiger partial charge is 0.262 e. The number of hydrogen-bond acceptors (Lipinski definition) is 4. The number of amides is 2. The molecule has 0 spiro atoms. The Morgan fingerprint density at radius 2 is 1.91 bits per heavy atom. The van der Waals surface area contributed by atoms with Gasteiger partial charge >= 0.3 is 0 Å². The number of carbonyl (C=O) groups is 2. The van der Waals surface area contributed by atoms with Gasteiger partial charge in [0.15, 0.2) is 4.77 Å². The van der Waals surface area contributed by atoms with Crippen molar-refractivity contribution in [3.63, 3.8) is 0 Å². The number of unbranched alkanes of at least 4 members (excludes halogenated alkanes) is 2. The number of anilines is 1. The predicted molar refractivity (Wildman–Crippen MR) is 130 cm³/mol. The molecule has 2 aromatic carbocycles. The fourth-order valence-electron chi connectivity index (χ4n) is 3.39. The fourth-order valence-corrected chi connectivity index (χ4v) is 3.86. The van der Waals surface area contributed by atoms with Crippen molar-refractivity contribution in [1.29, 1.82) is 0 Å². The van der Waals surface area contributed by atoms with Crippen molar-refractivity contribution in [2.75, 3.05) is 18.9 Å². The van der Waals surface area contributed by atoms with Crippen molar-refractivity contribution in [2.24, 2.45) is 0 Å². The Bertz CT molecular complexity index is 1240. The van der Waals surface area contributed by atoms with Crippen LogP contribution in [-0.2, 0) is 16.1 Å². The van der Waals surface area contributed by atoms with Crippen molar-refractivity contribution >= 4 is 52.2 Å². The topological polar surface area (TPSA) is 87.2 Å². The average Bonchev–Trinajstić information content (AvgIpc) is 2.75. The second-order valence-corrected chi connectivity index (χ2v) is 8.37. The van der Waals surface area contributed by atoms with Gasteiger partial charge in [0.05, 0.1) is 17.4 Å². The number of fused-ring (bicyclic) bond motifs is 1. The van der Waals surface area contributed by atoms with Gasteiger partial charge in [0.1, 0.15) is 0 Å². The standard InChI is InChI=1S/C23H25ClN4O3S/c1-27(15-20(29)25-17-9-7-8-16(24)14-17)21(30)12-3-2-6-13-28-22(31)18-10-4-5-11-19(18)26-23(28)32/h4-5,7-11,14H,2-3,6,12-13,15H2,1H3,(H,25,29)(H,26,32). The van der Waals surface area contributed by atoms with Crippen LogP contribution in [0.3, 0.4) is 0 Å². The van der Waals surface area contributed by atoms with E-state index in [1.807, 2.05) is 18.2 Å². The first-order chi connectivity index (χ1) is 15.3. The Labute approximate surface area is 196 Å². The number of aromatic nitrogens is 2. The number of aromatic amines is 1. The number of H-pyrrole nitrogens is 1. The van der Waals surface area contributed by atoms with E-state index >= 15 is 0 Å². The molecule has 0 saturated heterocycles. The van der Waals surface area contributed by atoms with Crippen molar-refractivity contribution in [2.45, 2.75) is 32.2 Å². The number of likely N-dealkylation sites (N-methyl/N-ethyl adjacent to an activating group) is 1. The van der Waals surface area contributed by atoms with Gasteiger partial charge in [-0.05, 0) is 55.4 Å². The van der Waals surface area contributed by atoms with Crippen LogP contribution in [0.25, 0.3) is 10.9 Å². The number of carbonyl (C=O) groups excluding carboxylic acids is 2. The summed E-state index contributed by atoms with van der Waals surface area (Å²) < 4.78 is 1.96. The van der Waals surface area contributed by atoms with Crippen LogP contribution in [0.1, 0.15) is 25.7 Å². The van der Waals surface area contributed by atoms with Crippen LogP contribution in [0, 0.1) is 4.77 Å². The Hall–Kier alpha value is -2.97. The lowest BCUT2D eigenvalue weighted by atomic mass is 10.1. The van der Waals surface area contributed by atoms with E-state index in [0.29, 0.717) is 40.3 Å². The van der Waals surface area contributed by atoms with Gasteiger partial charge in [-0.1, -0.05) is 36.2 Å². The molecule has 0 aliphatic carbocycles. The van der Waals surface area contributed by atoms with E-state index < -0.39 is 0 Å². The van der Waals surface area contributed by atoms with E-state index in [1.54, 1.807) is 41.9 Å². The normalized spacial score (nSPS) is 10.8. The second-order valence-electron chi connectivity index (χ2n) is 7.55. The van der Waals surface area contributed by atoms with Crippen LogP contribution >= 0.6 is 23.8 Å². The SMILES string of the molecule is CN(CC(=O)Nc1cccc(Cl)c1)C(=O)CCCCCn1c(=S)[nH]c2ccccc2c1=O. The van der Waals surface area contributed by atoms with Crippen LogP contribution in [0.4, 0.5) is 5.69 Å². The molecule has 0 unspecified atom stereocenters. The molecule has 0 bridgehead atoms. The highest BCUT2D eigenvalue weighted by Gasteiger charge is 2.13. The number of nitrogens with zero attached hydrogens (tertiary/aromatic N) is 2. The summed E-state index contributed by atoms with van der Waals surface area (Å²) in [5.41, 5.74) is 1.21. The quantitative estimate of drug-likeness (QED) is 0.357. The summed E-state index contributed by atoms with van der Waals surface area (Å²) in [6.45, 7) is 0.456. The molecule has 0 atom stereocenters. The van der Waals surface area contributed by atoms with Crippen LogP contribution in [-0.4, -0.2) is 39.9 Å². The minimum absolute atomic E-state index is 0.0347. The Kier molecular flexibility index (Phi) is 8.19. The van der Waals surface area contributed by atoms with E-state index in [0.717, 1.165) is 18.4 Å². The zero-order valence-electron chi connectivity index (χ0n) is 17.8. The molecule has 0 aliphatic heterocycles. The van der Waals surface area contributed by atoms with Crippen molar-refractivity contribution < 1.29 is 9.59 Å². The summed E-state index contributed by atoms with van der Waals surface area (Å²) in [4.78, 5) is 41.6. The third kappa shape index (κ3) is 6.27. The van der Waals surface area contributed by atoms with Gasteiger partial charge in [0.25, 0.3) is 5.56 Å². The Morgan fingerprint density at radius 1 is 1.12 bits per heavy atom. The summed E-state index contributed by atoms with van der Waals surface area (Å²) in [5.74, 6) is -0.389. The number of halogens is 1. The molecule has 2 amide bonds. The molecule has 0 radical (unpaired) electrons. The van der Waals surface area contributed by atoms with E-state index in [9.17, 15) is 14.4 Å². The van der Waals surface area contributed by atoms with E-state index in [4.69, 9.17) is 23.8 Å². The van der Waals surface area contributed by atoms with Crippen LogP contribution < -0.4 is 10.9 Å². The largest absolute Gasteiger partial charge is 0.336 e. The summed E-state index contributed by atoms with van der Waals surface area (Å²) in [6, 6.07) is 14.1. The molecule has 3 rings (SSSR count). The average molecular weight is 473 g/mol. The van der Waals surface area contributed by atoms with E-state index in [1.165, 1.54) is 4.90 Å². The Balaban J connectivity index is 1.42. The van der Waals surface area contributed by atoms with Crippen molar-refractivity contribution in [3.05, 3.63) is 68.7 Å². The number of para-hydroxylation sites is 1. The van der Waals surface area contributed by atoms with Gasteiger partial charge in [-0.3, -0.25) is 19.0 Å². The molecule has 32 heavy (non-hydrogen) atoms. The lowest BCUT2D eigenvalue weighted by Gasteiger charge is -2.17. The first-order valence-corrected chi connectivity index (χ1v) is 11.1. The highest BCUT2D eigenvalue weighted by Crippen LogP contribution is 2.15. The minimum Gasteiger partial charge on any atom is -0.336 e. The second kappa shape index (κ2) is 11.1. The minimum atomic E-state index is -0.284. The first-order valence-electron chi connectivity index (χ1n) is 10.4. The van der Waals surface area contributed by atoms with Gasteiger partial charge in [0.2, 0.25) is 11.8 Å². The molecule has 2 N–H and O–H groups in total. The number of benzene rings is 2. The predicted octanol–water partition coefficient (Wildman–Crippen LogP) is 4.37. The summed E-state index contributed by atoms with van der Waals surface area (Å²) in [6.07, 6.45) is 2.49. The van der Waals surface area contributed by atoms with Crippen molar-refractivity contribution in [3.8, 4) is 0 Å². The van der Waals surface area contributed by atoms with Gasteiger partial charge in [-0.25, -0.2) is 0 Å². The van der Waals surface area contributed by atoms with Crippen LogP contribution in [0.5, 0.6) is 0 Å². The van der Waals surface area contributed by atoms with Gasteiger partial charge in [-0.2, -0.15) is 0 Å². The molecule has 3 aromatic rings. The fraction of sp³-hybridized carbons (Fsp3) is 0.304. The summed E-state index contributed by atoms with van der Waals surface area (Å²) >= 11 is 11.2.